The van der Waals surface area contributed by atoms with Crippen molar-refractivity contribution in [3.8, 4) is 0 Å². The van der Waals surface area contributed by atoms with Crippen LogP contribution >= 0.6 is 0 Å². The zero-order valence-electron chi connectivity index (χ0n) is 13.0. The van der Waals surface area contributed by atoms with Crippen molar-refractivity contribution >= 4 is 11.8 Å². The van der Waals surface area contributed by atoms with E-state index >= 15 is 0 Å². The summed E-state index contributed by atoms with van der Waals surface area (Å²) in [6, 6.07) is 8.00. The number of amides is 2. The Balaban J connectivity index is 1.81. The quantitative estimate of drug-likeness (QED) is 0.829. The number of ether oxygens (including phenoxy) is 1. The van der Waals surface area contributed by atoms with E-state index in [4.69, 9.17) is 4.74 Å². The summed E-state index contributed by atoms with van der Waals surface area (Å²) in [5.74, 6) is 0.144. The van der Waals surface area contributed by atoms with Crippen molar-refractivity contribution in [2.24, 2.45) is 0 Å². The summed E-state index contributed by atoms with van der Waals surface area (Å²) >= 11 is 0. The highest BCUT2D eigenvalue weighted by molar-refractivity contribution is 5.80. The van der Waals surface area contributed by atoms with Crippen LogP contribution in [-0.4, -0.2) is 54.5 Å². The van der Waals surface area contributed by atoms with Crippen LogP contribution in [0.25, 0.3) is 0 Å². The molecule has 2 aliphatic heterocycles. The maximum absolute atomic E-state index is 12.6. The molecule has 22 heavy (non-hydrogen) atoms. The first kappa shape index (κ1) is 15.0. The lowest BCUT2D eigenvalue weighted by Crippen LogP contribution is -2.45. The fourth-order valence-corrected chi connectivity index (χ4v) is 3.36. The molecule has 3 rings (SSSR count). The Hall–Kier alpha value is -1.88. The Morgan fingerprint density at radius 1 is 1.18 bits per heavy atom. The van der Waals surface area contributed by atoms with Crippen molar-refractivity contribution < 1.29 is 14.3 Å². The third kappa shape index (κ3) is 2.99. The van der Waals surface area contributed by atoms with Gasteiger partial charge in [0.15, 0.2) is 0 Å². The molecule has 5 heteroatoms. The Bertz CT molecular complexity index is 567. The Labute approximate surface area is 130 Å². The van der Waals surface area contributed by atoms with Crippen molar-refractivity contribution in [1.82, 2.24) is 9.80 Å². The first-order chi connectivity index (χ1) is 10.7. The second-order valence-electron chi connectivity index (χ2n) is 5.87. The molecular formula is C17H22N2O3. The fourth-order valence-electron chi connectivity index (χ4n) is 3.36. The van der Waals surface area contributed by atoms with Crippen LogP contribution in [0.3, 0.4) is 0 Å². The van der Waals surface area contributed by atoms with Gasteiger partial charge in [-0.2, -0.15) is 0 Å². The van der Waals surface area contributed by atoms with Crippen molar-refractivity contribution in [2.45, 2.75) is 25.8 Å². The van der Waals surface area contributed by atoms with E-state index < -0.39 is 0 Å². The third-order valence-electron chi connectivity index (χ3n) is 4.55. The van der Waals surface area contributed by atoms with E-state index in [2.05, 4.69) is 6.07 Å². The molecule has 2 amide bonds. The van der Waals surface area contributed by atoms with Gasteiger partial charge in [0, 0.05) is 26.6 Å². The van der Waals surface area contributed by atoms with Crippen LogP contribution in [0, 0.1) is 0 Å². The molecule has 0 bridgehead atoms. The van der Waals surface area contributed by atoms with Crippen LogP contribution in [0.1, 0.15) is 30.5 Å². The molecule has 0 aromatic heterocycles. The second kappa shape index (κ2) is 6.48. The zero-order chi connectivity index (χ0) is 15.5. The zero-order valence-corrected chi connectivity index (χ0v) is 13.0. The Morgan fingerprint density at radius 2 is 1.91 bits per heavy atom. The number of rotatable bonds is 2. The number of nitrogens with zero attached hydrogens (tertiary/aromatic N) is 2. The smallest absolute Gasteiger partial charge is 0.225 e. The van der Waals surface area contributed by atoms with Gasteiger partial charge in [0.25, 0.3) is 0 Å². The number of hydrogen-bond donors (Lipinski definition) is 0. The predicted molar refractivity (Wildman–Crippen MR) is 82.3 cm³/mol. The van der Waals surface area contributed by atoms with E-state index in [1.807, 2.05) is 28.0 Å². The second-order valence-corrected chi connectivity index (χ2v) is 5.87. The number of carbonyl (C=O) groups is 2. The molecule has 2 heterocycles. The third-order valence-corrected chi connectivity index (χ3v) is 4.55. The average Bonchev–Trinajstić information content (AvgIpc) is 2.55. The molecule has 1 aromatic carbocycles. The molecule has 5 nitrogen and oxygen atoms in total. The maximum Gasteiger partial charge on any atom is 0.225 e. The number of morpholine rings is 1. The van der Waals surface area contributed by atoms with E-state index in [0.717, 1.165) is 12.0 Å². The molecule has 0 aliphatic carbocycles. The topological polar surface area (TPSA) is 49.9 Å². The molecule has 1 fully saturated rings. The lowest BCUT2D eigenvalue weighted by atomic mass is 9.90. The molecule has 0 unspecified atom stereocenters. The van der Waals surface area contributed by atoms with Crippen LogP contribution in [0.4, 0.5) is 0 Å². The first-order valence-corrected chi connectivity index (χ1v) is 7.87. The van der Waals surface area contributed by atoms with E-state index in [-0.39, 0.29) is 17.9 Å². The highest BCUT2D eigenvalue weighted by Gasteiger charge is 2.32. The van der Waals surface area contributed by atoms with E-state index in [0.29, 0.717) is 39.3 Å². The Kier molecular flexibility index (Phi) is 4.43. The molecule has 0 N–H and O–H groups in total. The van der Waals surface area contributed by atoms with Gasteiger partial charge in [0.2, 0.25) is 11.8 Å². The molecule has 1 atom stereocenters. The van der Waals surface area contributed by atoms with Crippen molar-refractivity contribution in [2.75, 3.05) is 32.8 Å². The van der Waals surface area contributed by atoms with Gasteiger partial charge in [-0.1, -0.05) is 24.3 Å². The Morgan fingerprint density at radius 3 is 2.64 bits per heavy atom. The lowest BCUT2D eigenvalue weighted by molar-refractivity contribution is -0.139. The van der Waals surface area contributed by atoms with Gasteiger partial charge >= 0.3 is 0 Å². The van der Waals surface area contributed by atoms with Gasteiger partial charge in [-0.25, -0.2) is 0 Å². The molecule has 0 spiro atoms. The monoisotopic (exact) mass is 302 g/mol. The standard InChI is InChI=1S/C17H22N2O3/c1-13(20)19-7-6-14-4-2-3-5-15(14)16(19)12-17(21)18-8-10-22-11-9-18/h2-5,16H,6-12H2,1H3/t16-/m1/s1. The normalized spacial score (nSPS) is 21.4. The van der Waals surface area contributed by atoms with Crippen LogP contribution in [0.15, 0.2) is 24.3 Å². The summed E-state index contributed by atoms with van der Waals surface area (Å²) in [7, 11) is 0. The molecule has 0 radical (unpaired) electrons. The van der Waals surface area contributed by atoms with Crippen LogP contribution in [-0.2, 0) is 20.7 Å². The van der Waals surface area contributed by atoms with Crippen LogP contribution in [0.5, 0.6) is 0 Å². The van der Waals surface area contributed by atoms with E-state index in [1.165, 1.54) is 5.56 Å². The van der Waals surface area contributed by atoms with Crippen LogP contribution in [0.2, 0.25) is 0 Å². The van der Waals surface area contributed by atoms with Gasteiger partial charge in [-0.05, 0) is 17.5 Å². The molecule has 2 aliphatic rings. The largest absolute Gasteiger partial charge is 0.378 e. The minimum absolute atomic E-state index is 0.0364. The van der Waals surface area contributed by atoms with E-state index in [1.54, 1.807) is 6.92 Å². The minimum atomic E-state index is -0.141. The average molecular weight is 302 g/mol. The van der Waals surface area contributed by atoms with Crippen molar-refractivity contribution in [3.05, 3.63) is 35.4 Å². The van der Waals surface area contributed by atoms with Crippen molar-refractivity contribution in [3.63, 3.8) is 0 Å². The first-order valence-electron chi connectivity index (χ1n) is 7.87. The number of hydrogen-bond acceptors (Lipinski definition) is 3. The lowest BCUT2D eigenvalue weighted by Gasteiger charge is -2.38. The van der Waals surface area contributed by atoms with Crippen molar-refractivity contribution in [1.29, 1.82) is 0 Å². The summed E-state index contributed by atoms with van der Waals surface area (Å²) in [6.45, 7) is 4.76. The molecular weight excluding hydrogens is 280 g/mol. The maximum atomic E-state index is 12.6. The summed E-state index contributed by atoms with van der Waals surface area (Å²) in [6.07, 6.45) is 1.22. The van der Waals surface area contributed by atoms with Crippen LogP contribution < -0.4 is 0 Å². The van der Waals surface area contributed by atoms with Gasteiger partial charge in [-0.15, -0.1) is 0 Å². The van der Waals surface area contributed by atoms with Gasteiger partial charge < -0.3 is 14.5 Å². The number of carbonyl (C=O) groups excluding carboxylic acids is 2. The fraction of sp³-hybridized carbons (Fsp3) is 0.529. The number of benzene rings is 1. The summed E-state index contributed by atoms with van der Waals surface area (Å²) in [5, 5.41) is 0. The minimum Gasteiger partial charge on any atom is -0.378 e. The summed E-state index contributed by atoms with van der Waals surface area (Å²) in [4.78, 5) is 28.2. The molecule has 1 aromatic rings. The van der Waals surface area contributed by atoms with Gasteiger partial charge in [0.1, 0.15) is 0 Å². The molecule has 0 saturated carbocycles. The predicted octanol–water partition coefficient (Wildman–Crippen LogP) is 1.38. The van der Waals surface area contributed by atoms with Gasteiger partial charge in [-0.3, -0.25) is 9.59 Å². The number of fused-ring (bicyclic) bond motifs is 1. The summed E-state index contributed by atoms with van der Waals surface area (Å²) in [5.41, 5.74) is 2.37. The van der Waals surface area contributed by atoms with Gasteiger partial charge in [0.05, 0.1) is 25.7 Å². The SMILES string of the molecule is CC(=O)N1CCc2ccccc2[C@H]1CC(=O)N1CCOCC1. The molecule has 1 saturated heterocycles. The van der Waals surface area contributed by atoms with E-state index in [9.17, 15) is 9.59 Å². The molecule has 118 valence electrons. The highest BCUT2D eigenvalue weighted by atomic mass is 16.5. The highest BCUT2D eigenvalue weighted by Crippen LogP contribution is 2.32. The summed E-state index contributed by atoms with van der Waals surface area (Å²) < 4.78 is 5.30.